The minimum absolute atomic E-state index is 0.530. The molecule has 20 heavy (non-hydrogen) atoms. The van der Waals surface area contributed by atoms with E-state index >= 15 is 0 Å². The Balaban J connectivity index is 2.04. The first-order chi connectivity index (χ1) is 9.70. The molecule has 0 saturated carbocycles. The third-order valence-corrected chi connectivity index (χ3v) is 2.77. The average Bonchev–Trinajstić information content (AvgIpc) is 2.86. The van der Waals surface area contributed by atoms with Crippen LogP contribution in [-0.4, -0.2) is 47.1 Å². The van der Waals surface area contributed by atoms with Gasteiger partial charge in [0.2, 0.25) is 0 Å². The highest BCUT2D eigenvalue weighted by atomic mass is 16.5. The van der Waals surface area contributed by atoms with Crippen molar-refractivity contribution in [3.63, 3.8) is 0 Å². The Morgan fingerprint density at radius 1 is 1.20 bits per heavy atom. The lowest BCUT2D eigenvalue weighted by atomic mass is 10.1. The number of methoxy groups -OCH3 is 1. The van der Waals surface area contributed by atoms with Gasteiger partial charge in [0.05, 0.1) is 26.4 Å². The maximum absolute atomic E-state index is 5.85. The van der Waals surface area contributed by atoms with Gasteiger partial charge in [-0.3, -0.25) is 0 Å². The summed E-state index contributed by atoms with van der Waals surface area (Å²) in [5, 5.41) is 11.7. The lowest BCUT2D eigenvalue weighted by Crippen LogP contribution is -2.11. The third-order valence-electron chi connectivity index (χ3n) is 2.77. The zero-order valence-corrected chi connectivity index (χ0v) is 11.7. The Labute approximate surface area is 117 Å². The number of nitrogen functional groups attached to an aromatic ring is 1. The predicted molar refractivity (Wildman–Crippen MR) is 75.1 cm³/mol. The second kappa shape index (κ2) is 6.97. The van der Waals surface area contributed by atoms with Crippen LogP contribution in [0.5, 0.6) is 0 Å². The standard InChI is InChI=1S/C13H19N5O2/c1-10-7-11(9-12(14)8-10)13-15-16-17-18(13)3-4-20-6-5-19-2/h7-9H,3-6,14H2,1-2H3. The van der Waals surface area contributed by atoms with Gasteiger partial charge in [-0.05, 0) is 41.1 Å². The first kappa shape index (κ1) is 14.4. The molecule has 2 N–H and O–H groups in total. The number of hydrogen-bond donors (Lipinski definition) is 1. The molecule has 0 amide bonds. The summed E-state index contributed by atoms with van der Waals surface area (Å²) in [6.45, 7) is 4.24. The number of benzene rings is 1. The Morgan fingerprint density at radius 3 is 2.80 bits per heavy atom. The van der Waals surface area contributed by atoms with Gasteiger partial charge in [-0.2, -0.15) is 0 Å². The second-order valence-electron chi connectivity index (χ2n) is 4.46. The molecule has 0 aliphatic carbocycles. The van der Waals surface area contributed by atoms with E-state index in [1.54, 1.807) is 11.8 Å². The summed E-state index contributed by atoms with van der Waals surface area (Å²) in [5.41, 5.74) is 8.54. The molecule has 0 atom stereocenters. The lowest BCUT2D eigenvalue weighted by Gasteiger charge is -2.07. The number of aromatic nitrogens is 4. The summed E-state index contributed by atoms with van der Waals surface area (Å²) in [4.78, 5) is 0. The summed E-state index contributed by atoms with van der Waals surface area (Å²) in [6.07, 6.45) is 0. The van der Waals surface area contributed by atoms with E-state index in [1.807, 2.05) is 25.1 Å². The molecule has 1 aromatic heterocycles. The van der Waals surface area contributed by atoms with E-state index in [-0.39, 0.29) is 0 Å². The van der Waals surface area contributed by atoms with Crippen molar-refractivity contribution in [1.82, 2.24) is 20.2 Å². The first-order valence-corrected chi connectivity index (χ1v) is 6.41. The van der Waals surface area contributed by atoms with Crippen LogP contribution in [0.15, 0.2) is 18.2 Å². The van der Waals surface area contributed by atoms with Crippen LogP contribution in [0.4, 0.5) is 5.69 Å². The van der Waals surface area contributed by atoms with Crippen molar-refractivity contribution in [1.29, 1.82) is 0 Å². The van der Waals surface area contributed by atoms with Gasteiger partial charge in [0, 0.05) is 18.4 Å². The fraction of sp³-hybridized carbons (Fsp3) is 0.462. The molecular formula is C13H19N5O2. The number of tetrazole rings is 1. The van der Waals surface area contributed by atoms with Gasteiger partial charge in [-0.25, -0.2) is 4.68 Å². The van der Waals surface area contributed by atoms with Crippen LogP contribution < -0.4 is 5.73 Å². The van der Waals surface area contributed by atoms with Crippen molar-refractivity contribution < 1.29 is 9.47 Å². The van der Waals surface area contributed by atoms with E-state index in [2.05, 4.69) is 15.5 Å². The molecule has 1 heterocycles. The average molecular weight is 277 g/mol. The Kier molecular flexibility index (Phi) is 5.03. The van der Waals surface area contributed by atoms with Gasteiger partial charge < -0.3 is 15.2 Å². The number of nitrogens with zero attached hydrogens (tertiary/aromatic N) is 4. The quantitative estimate of drug-likeness (QED) is 0.597. The van der Waals surface area contributed by atoms with E-state index in [9.17, 15) is 0 Å². The smallest absolute Gasteiger partial charge is 0.182 e. The molecule has 0 spiro atoms. The molecule has 0 fully saturated rings. The SMILES string of the molecule is COCCOCCn1nnnc1-c1cc(C)cc(N)c1. The van der Waals surface area contributed by atoms with Crippen LogP contribution in [-0.2, 0) is 16.0 Å². The molecule has 7 nitrogen and oxygen atoms in total. The van der Waals surface area contributed by atoms with E-state index in [4.69, 9.17) is 15.2 Å². The zero-order valence-electron chi connectivity index (χ0n) is 11.7. The minimum atomic E-state index is 0.530. The van der Waals surface area contributed by atoms with Gasteiger partial charge in [0.1, 0.15) is 0 Å². The Bertz CT molecular complexity index is 535. The summed E-state index contributed by atoms with van der Waals surface area (Å²) in [5.74, 6) is 0.691. The fourth-order valence-corrected chi connectivity index (χ4v) is 1.90. The number of anilines is 1. The molecular weight excluding hydrogens is 258 g/mol. The van der Waals surface area contributed by atoms with Crippen molar-refractivity contribution in [2.24, 2.45) is 0 Å². The van der Waals surface area contributed by atoms with Crippen molar-refractivity contribution in [3.05, 3.63) is 23.8 Å². The molecule has 2 aromatic rings. The number of nitrogens with two attached hydrogens (primary N) is 1. The summed E-state index contributed by atoms with van der Waals surface area (Å²) >= 11 is 0. The third kappa shape index (κ3) is 3.75. The van der Waals surface area contributed by atoms with Crippen LogP contribution in [0.25, 0.3) is 11.4 Å². The highest BCUT2D eigenvalue weighted by molar-refractivity contribution is 5.62. The molecule has 0 bridgehead atoms. The molecule has 0 aliphatic heterocycles. The number of ether oxygens (including phenoxy) is 2. The molecule has 1 aromatic carbocycles. The van der Waals surface area contributed by atoms with Crippen molar-refractivity contribution in [2.75, 3.05) is 32.7 Å². The number of hydrogen-bond acceptors (Lipinski definition) is 6. The molecule has 0 unspecified atom stereocenters. The van der Waals surface area contributed by atoms with E-state index in [0.717, 1.165) is 11.1 Å². The Morgan fingerprint density at radius 2 is 2.05 bits per heavy atom. The fourth-order valence-electron chi connectivity index (χ4n) is 1.90. The number of aryl methyl sites for hydroxylation is 1. The Hall–Kier alpha value is -1.99. The van der Waals surface area contributed by atoms with Crippen molar-refractivity contribution in [3.8, 4) is 11.4 Å². The zero-order chi connectivity index (χ0) is 14.4. The molecule has 108 valence electrons. The van der Waals surface area contributed by atoms with E-state index in [0.29, 0.717) is 37.9 Å². The van der Waals surface area contributed by atoms with Crippen LogP contribution >= 0.6 is 0 Å². The summed E-state index contributed by atoms with van der Waals surface area (Å²) in [6, 6.07) is 5.77. The van der Waals surface area contributed by atoms with Crippen molar-refractivity contribution in [2.45, 2.75) is 13.5 Å². The van der Waals surface area contributed by atoms with Gasteiger partial charge in [0.25, 0.3) is 0 Å². The monoisotopic (exact) mass is 277 g/mol. The minimum Gasteiger partial charge on any atom is -0.399 e. The van der Waals surface area contributed by atoms with Gasteiger partial charge >= 0.3 is 0 Å². The molecule has 7 heteroatoms. The normalized spacial score (nSPS) is 10.9. The highest BCUT2D eigenvalue weighted by Gasteiger charge is 2.09. The molecule has 0 radical (unpaired) electrons. The summed E-state index contributed by atoms with van der Waals surface area (Å²) < 4.78 is 12.0. The van der Waals surface area contributed by atoms with Gasteiger partial charge in [0.15, 0.2) is 5.82 Å². The lowest BCUT2D eigenvalue weighted by molar-refractivity contribution is 0.0654. The van der Waals surface area contributed by atoms with E-state index < -0.39 is 0 Å². The number of rotatable bonds is 7. The largest absolute Gasteiger partial charge is 0.399 e. The topological polar surface area (TPSA) is 88.1 Å². The van der Waals surface area contributed by atoms with Gasteiger partial charge in [-0.1, -0.05) is 0 Å². The highest BCUT2D eigenvalue weighted by Crippen LogP contribution is 2.20. The van der Waals surface area contributed by atoms with Crippen LogP contribution in [0.2, 0.25) is 0 Å². The predicted octanol–water partition coefficient (Wildman–Crippen LogP) is 0.894. The van der Waals surface area contributed by atoms with Crippen molar-refractivity contribution >= 4 is 5.69 Å². The first-order valence-electron chi connectivity index (χ1n) is 6.41. The van der Waals surface area contributed by atoms with Crippen LogP contribution in [0.3, 0.4) is 0 Å². The molecule has 2 rings (SSSR count). The van der Waals surface area contributed by atoms with Crippen LogP contribution in [0, 0.1) is 6.92 Å². The van der Waals surface area contributed by atoms with E-state index in [1.165, 1.54) is 0 Å². The summed E-state index contributed by atoms with van der Waals surface area (Å²) in [7, 11) is 1.64. The molecule has 0 saturated heterocycles. The second-order valence-corrected chi connectivity index (χ2v) is 4.46. The maximum atomic E-state index is 5.85. The van der Waals surface area contributed by atoms with Gasteiger partial charge in [-0.15, -0.1) is 5.10 Å². The van der Waals surface area contributed by atoms with Crippen LogP contribution in [0.1, 0.15) is 5.56 Å². The molecule has 0 aliphatic rings. The maximum Gasteiger partial charge on any atom is 0.182 e.